The molecule has 0 radical (unpaired) electrons. The van der Waals surface area contributed by atoms with Crippen molar-refractivity contribution < 1.29 is 12.8 Å². The van der Waals surface area contributed by atoms with Crippen LogP contribution in [0.3, 0.4) is 0 Å². The number of benzene rings is 2. The van der Waals surface area contributed by atoms with Gasteiger partial charge in [0.2, 0.25) is 10.0 Å². The maximum atomic E-state index is 14.5. The first-order valence-corrected chi connectivity index (χ1v) is 13.4. The number of fused-ring (bicyclic) bond motifs is 1. The molecule has 1 aliphatic carbocycles. The van der Waals surface area contributed by atoms with Crippen LogP contribution in [0.25, 0.3) is 11.1 Å². The Kier molecular flexibility index (Phi) is 6.73. The number of halogens is 1. The Morgan fingerprint density at radius 2 is 1.97 bits per heavy atom. The maximum absolute atomic E-state index is 14.5. The summed E-state index contributed by atoms with van der Waals surface area (Å²) in [5.74, 6) is -0.686. The molecular weight excluding hydrogens is 453 g/mol. The number of hydrogen-bond acceptors (Lipinski definition) is 4. The van der Waals surface area contributed by atoms with Crippen molar-refractivity contribution in [2.75, 3.05) is 6.26 Å². The lowest BCUT2D eigenvalue weighted by molar-refractivity contribution is 0.413. The molecule has 2 aromatic carbocycles. The molecule has 1 N–H and O–H groups in total. The van der Waals surface area contributed by atoms with Gasteiger partial charge >= 0.3 is 0 Å². The molecule has 0 bridgehead atoms. The van der Waals surface area contributed by atoms with Gasteiger partial charge in [-0.2, -0.15) is 0 Å². The molecule has 0 amide bonds. The number of sulfonamides is 1. The van der Waals surface area contributed by atoms with Crippen molar-refractivity contribution >= 4 is 10.0 Å². The molecule has 180 valence electrons. The van der Waals surface area contributed by atoms with Crippen LogP contribution in [0, 0.1) is 12.7 Å². The Labute approximate surface area is 199 Å². The normalized spacial score (nSPS) is 18.2. The van der Waals surface area contributed by atoms with Crippen molar-refractivity contribution in [3.05, 3.63) is 87.3 Å². The topological polar surface area (TPSA) is 81.1 Å². The van der Waals surface area contributed by atoms with E-state index in [1.54, 1.807) is 17.0 Å². The van der Waals surface area contributed by atoms with E-state index in [1.807, 2.05) is 51.1 Å². The average Bonchev–Trinajstić information content (AvgIpc) is 2.76. The molecule has 1 aliphatic rings. The summed E-state index contributed by atoms with van der Waals surface area (Å²) in [5.41, 5.74) is 4.27. The van der Waals surface area contributed by atoms with E-state index in [1.165, 1.54) is 6.07 Å². The van der Waals surface area contributed by atoms with E-state index in [9.17, 15) is 17.6 Å². The quantitative estimate of drug-likeness (QED) is 0.572. The maximum Gasteiger partial charge on any atom is 0.257 e. The molecule has 0 saturated carbocycles. The fraction of sp³-hybridized carbons (Fsp3) is 0.385. The summed E-state index contributed by atoms with van der Waals surface area (Å²) < 4.78 is 43.1. The standard InChI is InChI=1S/C26H30FN3O3S/c1-16(2)30-15-28-24-11-10-23(29-34(4,32)33)21(25(24)26(30)31)14-18-6-5-7-19(13-18)20-12-17(3)8-9-22(20)27/h5-9,12-13,15-16,21,23,29H,10-11,14H2,1-4H3. The fourth-order valence-electron chi connectivity index (χ4n) is 4.79. The molecule has 6 nitrogen and oxygen atoms in total. The number of rotatable bonds is 6. The summed E-state index contributed by atoms with van der Waals surface area (Å²) in [6.07, 6.45) is 4.22. The van der Waals surface area contributed by atoms with Crippen LogP contribution in [0.1, 0.15) is 54.6 Å². The van der Waals surface area contributed by atoms with Crippen LogP contribution in [0.2, 0.25) is 0 Å². The largest absolute Gasteiger partial charge is 0.296 e. The monoisotopic (exact) mass is 483 g/mol. The van der Waals surface area contributed by atoms with Crippen LogP contribution in [-0.2, 0) is 22.9 Å². The zero-order valence-corrected chi connectivity index (χ0v) is 20.7. The van der Waals surface area contributed by atoms with Crippen molar-refractivity contribution in [3.8, 4) is 11.1 Å². The number of nitrogens with one attached hydrogen (secondary N) is 1. The van der Waals surface area contributed by atoms with Gasteiger partial charge < -0.3 is 0 Å². The summed E-state index contributed by atoms with van der Waals surface area (Å²) in [4.78, 5) is 18.0. The van der Waals surface area contributed by atoms with Gasteiger partial charge in [0.15, 0.2) is 0 Å². The third-order valence-electron chi connectivity index (χ3n) is 6.40. The van der Waals surface area contributed by atoms with Gasteiger partial charge in [-0.3, -0.25) is 9.36 Å². The third-order valence-corrected chi connectivity index (χ3v) is 7.13. The highest BCUT2D eigenvalue weighted by molar-refractivity contribution is 7.88. The molecule has 3 aromatic rings. The summed E-state index contributed by atoms with van der Waals surface area (Å²) in [6, 6.07) is 12.1. The molecule has 34 heavy (non-hydrogen) atoms. The van der Waals surface area contributed by atoms with E-state index in [4.69, 9.17) is 0 Å². The Bertz CT molecular complexity index is 1380. The third kappa shape index (κ3) is 5.13. The predicted octanol–water partition coefficient (Wildman–Crippen LogP) is 4.13. The minimum Gasteiger partial charge on any atom is -0.296 e. The minimum absolute atomic E-state index is 0.0678. The van der Waals surface area contributed by atoms with Crippen molar-refractivity contribution in [3.63, 3.8) is 0 Å². The highest BCUT2D eigenvalue weighted by atomic mass is 32.2. The smallest absolute Gasteiger partial charge is 0.257 e. The van der Waals surface area contributed by atoms with Gasteiger partial charge in [0.1, 0.15) is 5.82 Å². The second kappa shape index (κ2) is 9.43. The van der Waals surface area contributed by atoms with Gasteiger partial charge in [-0.1, -0.05) is 35.9 Å². The Morgan fingerprint density at radius 1 is 1.21 bits per heavy atom. The molecule has 1 heterocycles. The highest BCUT2D eigenvalue weighted by Crippen LogP contribution is 2.33. The van der Waals surface area contributed by atoms with Crippen molar-refractivity contribution in [1.29, 1.82) is 0 Å². The Morgan fingerprint density at radius 3 is 2.68 bits per heavy atom. The van der Waals surface area contributed by atoms with Gasteiger partial charge in [0.05, 0.1) is 18.3 Å². The first-order valence-electron chi connectivity index (χ1n) is 11.5. The fourth-order valence-corrected chi connectivity index (χ4v) is 5.62. The van der Waals surface area contributed by atoms with Gasteiger partial charge in [-0.15, -0.1) is 0 Å². The van der Waals surface area contributed by atoms with Crippen LogP contribution in [-0.4, -0.2) is 30.3 Å². The Balaban J connectivity index is 1.79. The lowest BCUT2D eigenvalue weighted by Crippen LogP contribution is -2.45. The van der Waals surface area contributed by atoms with Crippen molar-refractivity contribution in [2.45, 2.75) is 58.0 Å². The number of hydrogen-bond donors (Lipinski definition) is 1. The van der Waals surface area contributed by atoms with Crippen LogP contribution in [0.4, 0.5) is 4.39 Å². The van der Waals surface area contributed by atoms with E-state index in [0.29, 0.717) is 30.4 Å². The summed E-state index contributed by atoms with van der Waals surface area (Å²) in [6.45, 7) is 5.75. The summed E-state index contributed by atoms with van der Waals surface area (Å²) in [5, 5.41) is 0. The number of nitrogens with zero attached hydrogens (tertiary/aromatic N) is 2. The number of aromatic nitrogens is 2. The lowest BCUT2D eigenvalue weighted by atomic mass is 9.78. The van der Waals surface area contributed by atoms with Gasteiger partial charge in [0, 0.05) is 29.1 Å². The molecule has 0 aliphatic heterocycles. The lowest BCUT2D eigenvalue weighted by Gasteiger charge is -2.33. The number of aryl methyl sites for hydroxylation is 2. The van der Waals surface area contributed by atoms with Crippen LogP contribution < -0.4 is 10.3 Å². The van der Waals surface area contributed by atoms with E-state index < -0.39 is 16.1 Å². The van der Waals surface area contributed by atoms with Gasteiger partial charge in [0.25, 0.3) is 5.56 Å². The minimum atomic E-state index is -3.48. The summed E-state index contributed by atoms with van der Waals surface area (Å²) >= 11 is 0. The second-order valence-corrected chi connectivity index (χ2v) is 11.2. The summed E-state index contributed by atoms with van der Waals surface area (Å²) in [7, 11) is -3.48. The van der Waals surface area contributed by atoms with E-state index in [2.05, 4.69) is 9.71 Å². The van der Waals surface area contributed by atoms with Crippen LogP contribution >= 0.6 is 0 Å². The molecule has 8 heteroatoms. The van der Waals surface area contributed by atoms with Gasteiger partial charge in [-0.05, 0) is 63.3 Å². The molecule has 4 rings (SSSR count). The van der Waals surface area contributed by atoms with Crippen LogP contribution in [0.5, 0.6) is 0 Å². The molecule has 0 fully saturated rings. The molecule has 0 saturated heterocycles. The van der Waals surface area contributed by atoms with E-state index in [0.717, 1.165) is 28.6 Å². The average molecular weight is 484 g/mol. The highest BCUT2D eigenvalue weighted by Gasteiger charge is 2.35. The van der Waals surface area contributed by atoms with E-state index >= 15 is 0 Å². The zero-order valence-electron chi connectivity index (χ0n) is 19.9. The Hall–Kier alpha value is -2.84. The molecule has 2 unspecified atom stereocenters. The van der Waals surface area contributed by atoms with Crippen molar-refractivity contribution in [2.24, 2.45) is 0 Å². The first-order chi connectivity index (χ1) is 16.0. The van der Waals surface area contributed by atoms with Crippen molar-refractivity contribution in [1.82, 2.24) is 14.3 Å². The molecule has 0 spiro atoms. The van der Waals surface area contributed by atoms with Gasteiger partial charge in [-0.25, -0.2) is 22.5 Å². The predicted molar refractivity (Wildman–Crippen MR) is 132 cm³/mol. The molecule has 2 atom stereocenters. The molecular formula is C26H30FN3O3S. The first kappa shape index (κ1) is 24.3. The SMILES string of the molecule is Cc1ccc(F)c(-c2cccc(CC3c4c(ncn(C(C)C)c4=O)CCC3NS(C)(=O)=O)c2)c1. The molecule has 1 aromatic heterocycles. The zero-order chi connectivity index (χ0) is 24.6. The second-order valence-electron chi connectivity index (χ2n) is 9.44. The van der Waals surface area contributed by atoms with Crippen LogP contribution in [0.15, 0.2) is 53.6 Å². The van der Waals surface area contributed by atoms with E-state index in [-0.39, 0.29) is 23.3 Å².